The van der Waals surface area contributed by atoms with Crippen molar-refractivity contribution in [1.82, 2.24) is 9.97 Å². The summed E-state index contributed by atoms with van der Waals surface area (Å²) in [6, 6.07) is 14.7. The van der Waals surface area contributed by atoms with Gasteiger partial charge in [0.15, 0.2) is 9.84 Å². The molecule has 0 aliphatic carbocycles. The monoisotopic (exact) mass is 425 g/mol. The third kappa shape index (κ3) is 4.44. The maximum atomic E-state index is 12.0. The maximum Gasteiger partial charge on any atom is 0.175 e. The minimum absolute atomic E-state index is 0.0342. The molecule has 2 heterocycles. The highest BCUT2D eigenvalue weighted by Gasteiger charge is 2.19. The van der Waals surface area contributed by atoms with E-state index in [0.29, 0.717) is 40.9 Å². The first-order chi connectivity index (χ1) is 14.4. The van der Waals surface area contributed by atoms with Crippen molar-refractivity contribution in [1.29, 1.82) is 0 Å². The van der Waals surface area contributed by atoms with Crippen LogP contribution in [0.25, 0.3) is 11.3 Å². The van der Waals surface area contributed by atoms with E-state index in [9.17, 15) is 8.42 Å². The number of sulfone groups is 1. The molecular formula is C22H23N3O4S. The molecule has 3 aromatic rings. The second-order valence-corrected chi connectivity index (χ2v) is 9.20. The highest BCUT2D eigenvalue weighted by Crippen LogP contribution is 2.32. The quantitative estimate of drug-likeness (QED) is 0.643. The van der Waals surface area contributed by atoms with Gasteiger partial charge in [-0.25, -0.2) is 18.4 Å². The van der Waals surface area contributed by atoms with E-state index < -0.39 is 9.84 Å². The van der Waals surface area contributed by atoms with Crippen molar-refractivity contribution in [3.63, 3.8) is 0 Å². The molecule has 1 atom stereocenters. The molecular weight excluding hydrogens is 402 g/mol. The number of nitrogens with one attached hydrogen (secondary N) is 1. The lowest BCUT2D eigenvalue weighted by molar-refractivity contribution is 0.141. The Morgan fingerprint density at radius 2 is 1.97 bits per heavy atom. The first-order valence-electron chi connectivity index (χ1n) is 9.64. The first-order valence-corrected chi connectivity index (χ1v) is 11.5. The summed E-state index contributed by atoms with van der Waals surface area (Å²) < 4.78 is 35.5. The van der Waals surface area contributed by atoms with Crippen LogP contribution in [0.2, 0.25) is 0 Å². The summed E-state index contributed by atoms with van der Waals surface area (Å²) >= 11 is 0. The van der Waals surface area contributed by atoms with E-state index in [1.165, 1.54) is 12.6 Å². The van der Waals surface area contributed by atoms with Crippen molar-refractivity contribution < 1.29 is 17.9 Å². The standard InChI is InChI=1S/C22H23N3O4S/c1-15-18(7-5-9-21(15)30(2,26)27)25-22-12-19(23-14-24-22)17-6-3-4-8-20(17)29-16-10-11-28-13-16/h3-9,12,14,16H,10-11,13H2,1-2H3,(H,23,24,25). The molecule has 1 aliphatic heterocycles. The molecule has 156 valence electrons. The highest BCUT2D eigenvalue weighted by atomic mass is 32.2. The highest BCUT2D eigenvalue weighted by molar-refractivity contribution is 7.90. The fourth-order valence-corrected chi connectivity index (χ4v) is 4.42. The Bertz CT molecular complexity index is 1160. The number of para-hydroxylation sites is 1. The van der Waals surface area contributed by atoms with Crippen molar-refractivity contribution in [3.8, 4) is 17.0 Å². The molecule has 0 amide bonds. The summed E-state index contributed by atoms with van der Waals surface area (Å²) in [4.78, 5) is 8.99. The van der Waals surface area contributed by atoms with Crippen molar-refractivity contribution >= 4 is 21.3 Å². The predicted molar refractivity (Wildman–Crippen MR) is 115 cm³/mol. The molecule has 0 saturated carbocycles. The second-order valence-electron chi connectivity index (χ2n) is 7.21. The number of rotatable bonds is 6. The van der Waals surface area contributed by atoms with Crippen LogP contribution in [-0.2, 0) is 14.6 Å². The third-order valence-corrected chi connectivity index (χ3v) is 6.20. The predicted octanol–water partition coefficient (Wildman–Crippen LogP) is 3.77. The molecule has 1 aromatic heterocycles. The van der Waals surface area contributed by atoms with Gasteiger partial charge in [-0.15, -0.1) is 0 Å². The van der Waals surface area contributed by atoms with Crippen LogP contribution in [-0.4, -0.2) is 44.0 Å². The smallest absolute Gasteiger partial charge is 0.175 e. The van der Waals surface area contributed by atoms with E-state index in [1.54, 1.807) is 19.1 Å². The maximum absolute atomic E-state index is 12.0. The zero-order valence-corrected chi connectivity index (χ0v) is 17.6. The van der Waals surface area contributed by atoms with Gasteiger partial charge in [0.25, 0.3) is 0 Å². The third-order valence-electron chi connectivity index (χ3n) is 4.96. The van der Waals surface area contributed by atoms with Gasteiger partial charge in [0, 0.05) is 30.0 Å². The molecule has 0 bridgehead atoms. The Hall–Kier alpha value is -2.97. The second kappa shape index (κ2) is 8.41. The molecule has 1 unspecified atom stereocenters. The van der Waals surface area contributed by atoms with Crippen molar-refractivity contribution in [2.45, 2.75) is 24.3 Å². The van der Waals surface area contributed by atoms with Crippen LogP contribution in [0.1, 0.15) is 12.0 Å². The van der Waals surface area contributed by atoms with Crippen LogP contribution >= 0.6 is 0 Å². The van der Waals surface area contributed by atoms with Crippen LogP contribution in [0.5, 0.6) is 5.75 Å². The average molecular weight is 426 g/mol. The first kappa shape index (κ1) is 20.3. The zero-order chi connectivity index (χ0) is 21.1. The molecule has 0 spiro atoms. The number of hydrogen-bond acceptors (Lipinski definition) is 7. The summed E-state index contributed by atoms with van der Waals surface area (Å²) in [6.07, 6.45) is 3.57. The summed E-state index contributed by atoms with van der Waals surface area (Å²) in [6.45, 7) is 3.06. The molecule has 0 radical (unpaired) electrons. The summed E-state index contributed by atoms with van der Waals surface area (Å²) in [5.41, 5.74) is 2.88. The van der Waals surface area contributed by atoms with Gasteiger partial charge in [0.05, 0.1) is 23.8 Å². The van der Waals surface area contributed by atoms with Gasteiger partial charge in [-0.3, -0.25) is 0 Å². The molecule has 8 heteroatoms. The van der Waals surface area contributed by atoms with Crippen LogP contribution in [0.15, 0.2) is 59.8 Å². The fourth-order valence-electron chi connectivity index (χ4n) is 3.43. The Labute approximate surface area is 176 Å². The molecule has 1 saturated heterocycles. The summed E-state index contributed by atoms with van der Waals surface area (Å²) in [7, 11) is -3.32. The van der Waals surface area contributed by atoms with E-state index in [2.05, 4.69) is 15.3 Å². The fraction of sp³-hybridized carbons (Fsp3) is 0.273. The minimum atomic E-state index is -3.32. The summed E-state index contributed by atoms with van der Waals surface area (Å²) in [5, 5.41) is 3.21. The van der Waals surface area contributed by atoms with E-state index >= 15 is 0 Å². The average Bonchev–Trinajstić information content (AvgIpc) is 3.22. The van der Waals surface area contributed by atoms with E-state index in [1.807, 2.05) is 36.4 Å². The Kier molecular flexibility index (Phi) is 5.69. The number of anilines is 2. The molecule has 2 aromatic carbocycles. The van der Waals surface area contributed by atoms with Gasteiger partial charge in [-0.2, -0.15) is 0 Å². The lowest BCUT2D eigenvalue weighted by Gasteiger charge is -2.16. The van der Waals surface area contributed by atoms with Crippen LogP contribution in [0.3, 0.4) is 0 Å². The van der Waals surface area contributed by atoms with Crippen LogP contribution < -0.4 is 10.1 Å². The normalized spacial score (nSPS) is 16.4. The van der Waals surface area contributed by atoms with E-state index in [4.69, 9.17) is 9.47 Å². The molecule has 4 rings (SSSR count). The van der Waals surface area contributed by atoms with E-state index in [-0.39, 0.29) is 6.10 Å². The minimum Gasteiger partial charge on any atom is -0.487 e. The lowest BCUT2D eigenvalue weighted by Crippen LogP contribution is -2.16. The van der Waals surface area contributed by atoms with Gasteiger partial charge in [0.2, 0.25) is 0 Å². The number of nitrogens with zero attached hydrogens (tertiary/aromatic N) is 2. The lowest BCUT2D eigenvalue weighted by atomic mass is 10.1. The van der Waals surface area contributed by atoms with Crippen molar-refractivity contribution in [2.24, 2.45) is 0 Å². The molecule has 30 heavy (non-hydrogen) atoms. The van der Waals surface area contributed by atoms with Crippen molar-refractivity contribution in [2.75, 3.05) is 24.8 Å². The van der Waals surface area contributed by atoms with E-state index in [0.717, 1.165) is 17.7 Å². The number of aromatic nitrogens is 2. The zero-order valence-electron chi connectivity index (χ0n) is 16.8. The van der Waals surface area contributed by atoms with Gasteiger partial charge in [-0.05, 0) is 36.8 Å². The van der Waals surface area contributed by atoms with Gasteiger partial charge in [-0.1, -0.05) is 18.2 Å². The van der Waals surface area contributed by atoms with Gasteiger partial charge < -0.3 is 14.8 Å². The van der Waals surface area contributed by atoms with Crippen molar-refractivity contribution in [3.05, 3.63) is 60.4 Å². The molecule has 1 fully saturated rings. The van der Waals surface area contributed by atoms with Gasteiger partial charge >= 0.3 is 0 Å². The van der Waals surface area contributed by atoms with Gasteiger partial charge in [0.1, 0.15) is 24.0 Å². The number of ether oxygens (including phenoxy) is 2. The van der Waals surface area contributed by atoms with Crippen LogP contribution in [0, 0.1) is 6.92 Å². The topological polar surface area (TPSA) is 90.4 Å². The molecule has 7 nitrogen and oxygen atoms in total. The molecule has 1 N–H and O–H groups in total. The Morgan fingerprint density at radius 1 is 1.13 bits per heavy atom. The number of hydrogen-bond donors (Lipinski definition) is 1. The largest absolute Gasteiger partial charge is 0.487 e. The van der Waals surface area contributed by atoms with Crippen LogP contribution in [0.4, 0.5) is 11.5 Å². The Balaban J connectivity index is 1.63. The Morgan fingerprint density at radius 3 is 2.73 bits per heavy atom. The molecule has 1 aliphatic rings. The number of benzene rings is 2. The SMILES string of the molecule is Cc1c(Nc2cc(-c3ccccc3OC3CCOC3)ncn2)cccc1S(C)(=O)=O. The summed E-state index contributed by atoms with van der Waals surface area (Å²) in [5.74, 6) is 1.31.